The number of nitriles is 1. The maximum atomic E-state index is 9.31. The van der Waals surface area contributed by atoms with Gasteiger partial charge in [0.15, 0.2) is 0 Å². The molecule has 0 aromatic carbocycles. The van der Waals surface area contributed by atoms with Gasteiger partial charge in [0.25, 0.3) is 0 Å². The van der Waals surface area contributed by atoms with E-state index in [9.17, 15) is 5.26 Å². The van der Waals surface area contributed by atoms with Crippen molar-refractivity contribution in [2.24, 2.45) is 5.41 Å². The Hall–Kier alpha value is -0.550. The molecule has 0 amide bonds. The van der Waals surface area contributed by atoms with Crippen molar-refractivity contribution < 1.29 is 0 Å². The number of nitrogens with zero attached hydrogens (tertiary/aromatic N) is 1. The summed E-state index contributed by atoms with van der Waals surface area (Å²) in [6, 6.07) is 3.09. The van der Waals surface area contributed by atoms with Gasteiger partial charge in [0.05, 0.1) is 6.07 Å². The van der Waals surface area contributed by atoms with Gasteiger partial charge < -0.3 is 0 Å². The van der Waals surface area contributed by atoms with Gasteiger partial charge >= 0.3 is 0 Å². The summed E-state index contributed by atoms with van der Waals surface area (Å²) in [6.07, 6.45) is 7.58. The van der Waals surface area contributed by atoms with Crippen LogP contribution < -0.4 is 5.32 Å². The Morgan fingerprint density at radius 2 is 1.93 bits per heavy atom. The second kappa shape index (κ2) is 3.24. The molecular weight excluding hydrogens is 172 g/mol. The molecule has 2 aliphatic rings. The van der Waals surface area contributed by atoms with Crippen LogP contribution in [0.5, 0.6) is 0 Å². The highest BCUT2D eigenvalue weighted by Crippen LogP contribution is 2.53. The highest BCUT2D eigenvalue weighted by molar-refractivity contribution is 5.20. The molecule has 2 fully saturated rings. The molecule has 0 heterocycles. The fourth-order valence-corrected chi connectivity index (χ4v) is 2.51. The van der Waals surface area contributed by atoms with E-state index in [2.05, 4.69) is 25.2 Å². The fraction of sp³-hybridized carbons (Fsp3) is 0.917. The molecule has 2 saturated carbocycles. The highest BCUT2D eigenvalue weighted by atomic mass is 15.0. The molecule has 1 unspecified atom stereocenters. The van der Waals surface area contributed by atoms with E-state index in [1.807, 2.05) is 0 Å². The van der Waals surface area contributed by atoms with Crippen LogP contribution in [0.1, 0.15) is 52.4 Å². The summed E-state index contributed by atoms with van der Waals surface area (Å²) in [4.78, 5) is 0. The molecule has 78 valence electrons. The van der Waals surface area contributed by atoms with E-state index in [0.717, 1.165) is 0 Å². The van der Waals surface area contributed by atoms with Gasteiger partial charge in [-0.2, -0.15) is 5.26 Å². The van der Waals surface area contributed by atoms with Crippen LogP contribution in [0.3, 0.4) is 0 Å². The van der Waals surface area contributed by atoms with Crippen molar-refractivity contribution in [2.75, 3.05) is 0 Å². The average molecular weight is 192 g/mol. The van der Waals surface area contributed by atoms with Crippen LogP contribution in [0.25, 0.3) is 0 Å². The molecule has 0 radical (unpaired) electrons. The summed E-state index contributed by atoms with van der Waals surface area (Å²) in [5.41, 5.74) is -0.0493. The van der Waals surface area contributed by atoms with Crippen molar-refractivity contribution >= 4 is 0 Å². The van der Waals surface area contributed by atoms with E-state index < -0.39 is 0 Å². The number of nitrogens with one attached hydrogen (secondary N) is 1. The minimum absolute atomic E-state index is 0.240. The number of rotatable bonds is 3. The zero-order valence-electron chi connectivity index (χ0n) is 9.27. The van der Waals surface area contributed by atoms with Crippen LogP contribution in [-0.2, 0) is 0 Å². The topological polar surface area (TPSA) is 35.8 Å². The van der Waals surface area contributed by atoms with Crippen molar-refractivity contribution in [2.45, 2.75) is 64.0 Å². The summed E-state index contributed by atoms with van der Waals surface area (Å²) >= 11 is 0. The predicted molar refractivity (Wildman–Crippen MR) is 56.8 cm³/mol. The summed E-state index contributed by atoms with van der Waals surface area (Å²) in [7, 11) is 0. The van der Waals surface area contributed by atoms with Gasteiger partial charge in [-0.1, -0.05) is 19.8 Å². The summed E-state index contributed by atoms with van der Waals surface area (Å²) in [5.74, 6) is 0. The quantitative estimate of drug-likeness (QED) is 0.746. The molecule has 0 bridgehead atoms. The first-order valence-electron chi connectivity index (χ1n) is 5.79. The minimum atomic E-state index is -0.290. The second-order valence-electron chi connectivity index (χ2n) is 5.42. The molecule has 14 heavy (non-hydrogen) atoms. The Morgan fingerprint density at radius 3 is 2.36 bits per heavy atom. The van der Waals surface area contributed by atoms with Gasteiger partial charge in [0, 0.05) is 6.04 Å². The molecule has 1 N–H and O–H groups in total. The first-order valence-corrected chi connectivity index (χ1v) is 5.79. The van der Waals surface area contributed by atoms with Gasteiger partial charge in [0.2, 0.25) is 0 Å². The Bertz CT molecular complexity index is 256. The maximum Gasteiger partial charge on any atom is 0.109 e. The molecule has 2 nitrogen and oxygen atoms in total. The van der Waals surface area contributed by atoms with E-state index in [1.165, 1.54) is 38.5 Å². The molecule has 2 heteroatoms. The van der Waals surface area contributed by atoms with Crippen LogP contribution in [0.15, 0.2) is 0 Å². The second-order valence-corrected chi connectivity index (χ2v) is 5.42. The SMILES string of the molecule is CC1(C(C)(C#N)NC2CCCC2)CC1. The van der Waals surface area contributed by atoms with Gasteiger partial charge in [-0.25, -0.2) is 0 Å². The van der Waals surface area contributed by atoms with Crippen LogP contribution in [0.2, 0.25) is 0 Å². The molecule has 0 aromatic heterocycles. The smallest absolute Gasteiger partial charge is 0.109 e. The monoisotopic (exact) mass is 192 g/mol. The zero-order valence-corrected chi connectivity index (χ0v) is 9.27. The lowest BCUT2D eigenvalue weighted by atomic mass is 9.84. The fourth-order valence-electron chi connectivity index (χ4n) is 2.51. The van der Waals surface area contributed by atoms with Crippen LogP contribution in [0.4, 0.5) is 0 Å². The van der Waals surface area contributed by atoms with Crippen LogP contribution in [0, 0.1) is 16.7 Å². The maximum absolute atomic E-state index is 9.31. The lowest BCUT2D eigenvalue weighted by Gasteiger charge is -2.33. The van der Waals surface area contributed by atoms with Crippen molar-refractivity contribution in [1.29, 1.82) is 5.26 Å². The Labute approximate surface area is 86.7 Å². The van der Waals surface area contributed by atoms with Gasteiger partial charge in [0.1, 0.15) is 5.54 Å². The highest BCUT2D eigenvalue weighted by Gasteiger charge is 2.54. The molecule has 2 rings (SSSR count). The van der Waals surface area contributed by atoms with Crippen molar-refractivity contribution in [1.82, 2.24) is 5.32 Å². The predicted octanol–water partition coefficient (Wildman–Crippen LogP) is 2.60. The molecule has 2 aliphatic carbocycles. The Kier molecular flexibility index (Phi) is 2.31. The van der Waals surface area contributed by atoms with E-state index >= 15 is 0 Å². The first-order chi connectivity index (χ1) is 6.60. The molecule has 0 aromatic rings. The van der Waals surface area contributed by atoms with E-state index in [4.69, 9.17) is 0 Å². The van der Waals surface area contributed by atoms with Crippen molar-refractivity contribution in [3.8, 4) is 6.07 Å². The molecule has 0 aliphatic heterocycles. The van der Waals surface area contributed by atoms with Crippen LogP contribution >= 0.6 is 0 Å². The summed E-state index contributed by atoms with van der Waals surface area (Å²) in [5, 5.41) is 12.9. The van der Waals surface area contributed by atoms with Crippen molar-refractivity contribution in [3.63, 3.8) is 0 Å². The molecular formula is C12H20N2. The lowest BCUT2D eigenvalue weighted by molar-refractivity contribution is 0.264. The Morgan fingerprint density at radius 1 is 1.36 bits per heavy atom. The zero-order chi connectivity index (χ0) is 10.2. The van der Waals surface area contributed by atoms with Gasteiger partial charge in [-0.05, 0) is 38.0 Å². The van der Waals surface area contributed by atoms with E-state index in [0.29, 0.717) is 6.04 Å². The van der Waals surface area contributed by atoms with Gasteiger partial charge in [-0.3, -0.25) is 5.32 Å². The van der Waals surface area contributed by atoms with E-state index in [1.54, 1.807) is 0 Å². The largest absolute Gasteiger partial charge is 0.296 e. The van der Waals surface area contributed by atoms with Crippen molar-refractivity contribution in [3.05, 3.63) is 0 Å². The average Bonchev–Trinajstić information content (AvgIpc) is 2.74. The first kappa shape index (κ1) is 9.98. The Balaban J connectivity index is 2.02. The number of hydrogen-bond donors (Lipinski definition) is 1. The standard InChI is InChI=1S/C12H20N2/c1-11(7-8-11)12(2,9-13)14-10-5-3-4-6-10/h10,14H,3-8H2,1-2H3. The molecule has 0 saturated heterocycles. The minimum Gasteiger partial charge on any atom is -0.296 e. The summed E-state index contributed by atoms with van der Waals surface area (Å²) in [6.45, 7) is 4.32. The third-order valence-corrected chi connectivity index (χ3v) is 4.28. The third kappa shape index (κ3) is 1.54. The third-order valence-electron chi connectivity index (χ3n) is 4.28. The molecule has 0 spiro atoms. The normalized spacial score (nSPS) is 29.5. The number of hydrogen-bond acceptors (Lipinski definition) is 2. The van der Waals surface area contributed by atoms with Gasteiger partial charge in [-0.15, -0.1) is 0 Å². The molecule has 1 atom stereocenters. The lowest BCUT2D eigenvalue weighted by Crippen LogP contribution is -2.51. The van der Waals surface area contributed by atoms with Crippen LogP contribution in [-0.4, -0.2) is 11.6 Å². The van der Waals surface area contributed by atoms with E-state index in [-0.39, 0.29) is 11.0 Å². The summed E-state index contributed by atoms with van der Waals surface area (Å²) < 4.78 is 0.